The molecule has 2 heterocycles. The van der Waals surface area contributed by atoms with Crippen LogP contribution in [0.5, 0.6) is 0 Å². The maximum atomic E-state index is 12.8. The van der Waals surface area contributed by atoms with Crippen LogP contribution in [0.15, 0.2) is 41.6 Å². The number of likely N-dealkylation sites (tertiary alicyclic amines) is 1. The number of hydrogen-bond donors (Lipinski definition) is 6. The summed E-state index contributed by atoms with van der Waals surface area (Å²) in [6.07, 6.45) is 2.75. The summed E-state index contributed by atoms with van der Waals surface area (Å²) in [5.41, 5.74) is 0.853. The Kier molecular flexibility index (Phi) is 10.3. The minimum absolute atomic E-state index is 0.0768. The predicted octanol–water partition coefficient (Wildman–Crippen LogP) is -0.300. The van der Waals surface area contributed by atoms with Crippen LogP contribution in [0.2, 0.25) is 0 Å². The zero-order chi connectivity index (χ0) is 27.0. The lowest BCUT2D eigenvalue weighted by Crippen LogP contribution is -2.62. The van der Waals surface area contributed by atoms with Gasteiger partial charge < -0.3 is 25.7 Å². The Balaban J connectivity index is 1.54. The molecular formula is C24H35N5O7S. The Labute approximate surface area is 216 Å². The number of unbranched alkanes of at least 4 members (excludes halogenated alkanes) is 3. The van der Waals surface area contributed by atoms with Gasteiger partial charge >= 0.3 is 0 Å². The van der Waals surface area contributed by atoms with Crippen molar-refractivity contribution in [3.63, 3.8) is 0 Å². The normalized spacial score (nSPS) is 22.5. The summed E-state index contributed by atoms with van der Waals surface area (Å²) < 4.78 is 27.6. The molecule has 12 nitrogen and oxygen atoms in total. The second-order valence-electron chi connectivity index (χ2n) is 9.08. The van der Waals surface area contributed by atoms with Gasteiger partial charge in [0.2, 0.25) is 5.91 Å². The van der Waals surface area contributed by atoms with E-state index in [0.717, 1.165) is 32.6 Å². The van der Waals surface area contributed by atoms with Gasteiger partial charge in [0.05, 0.1) is 24.4 Å². The van der Waals surface area contributed by atoms with Crippen molar-refractivity contribution in [3.8, 4) is 11.4 Å². The van der Waals surface area contributed by atoms with Crippen LogP contribution in [-0.2, 0) is 14.8 Å². The van der Waals surface area contributed by atoms with Gasteiger partial charge in [-0.2, -0.15) is 0 Å². The second-order valence-corrected chi connectivity index (χ2v) is 10.7. The highest BCUT2D eigenvalue weighted by Crippen LogP contribution is 2.27. The third-order valence-electron chi connectivity index (χ3n) is 6.28. The molecule has 1 amide bonds. The van der Waals surface area contributed by atoms with Crippen LogP contribution in [0.25, 0.3) is 11.4 Å². The number of rotatable bonds is 12. The first-order chi connectivity index (χ1) is 17.6. The van der Waals surface area contributed by atoms with E-state index in [9.17, 15) is 33.6 Å². The van der Waals surface area contributed by atoms with Gasteiger partial charge in [-0.25, -0.2) is 23.1 Å². The van der Waals surface area contributed by atoms with E-state index in [1.54, 1.807) is 35.5 Å². The van der Waals surface area contributed by atoms with Crippen molar-refractivity contribution in [3.05, 3.63) is 36.7 Å². The summed E-state index contributed by atoms with van der Waals surface area (Å²) >= 11 is 0. The molecule has 0 radical (unpaired) electrons. The molecule has 13 heteroatoms. The number of aromatic nitrogens is 2. The summed E-state index contributed by atoms with van der Waals surface area (Å²) in [7, 11) is -4.11. The van der Waals surface area contributed by atoms with Crippen molar-refractivity contribution in [2.75, 3.05) is 31.6 Å². The average Bonchev–Trinajstić information content (AvgIpc) is 2.86. The minimum atomic E-state index is -4.11. The molecule has 2 aromatic rings. The number of anilines is 1. The zero-order valence-corrected chi connectivity index (χ0v) is 21.5. The van der Waals surface area contributed by atoms with E-state index in [2.05, 4.69) is 15.3 Å². The Morgan fingerprint density at radius 1 is 1.08 bits per heavy atom. The standard InChI is InChI=1S/C24H35N5O7S/c1-16(31)28-37(35,36)21-13-17(24-26-10-6-11-27-24)7-8-18(21)25-9-4-2-3-5-12-29-14-20(32)23(34)22(33)19(29)15-30/h6-8,10-11,13,19-20,22-23,25,30,32-34H,2-5,9,12,14-15H2,1H3,(H,28,31)/t19-,20+,22-,23-/m1/s1. The topological polar surface area (TPSA) is 185 Å². The number of carbonyl (C=O) groups is 1. The average molecular weight is 538 g/mol. The van der Waals surface area contributed by atoms with Gasteiger partial charge in [-0.15, -0.1) is 0 Å². The molecule has 0 spiro atoms. The first-order valence-electron chi connectivity index (χ1n) is 12.2. The molecule has 4 atom stereocenters. The van der Waals surface area contributed by atoms with Crippen LogP contribution < -0.4 is 10.0 Å². The minimum Gasteiger partial charge on any atom is -0.395 e. The molecule has 1 aromatic heterocycles. The number of sulfonamides is 1. The summed E-state index contributed by atoms with van der Waals surface area (Å²) in [5.74, 6) is -0.334. The highest BCUT2D eigenvalue weighted by Gasteiger charge is 2.40. The molecule has 204 valence electrons. The second kappa shape index (κ2) is 13.2. The molecule has 0 unspecified atom stereocenters. The molecule has 6 N–H and O–H groups in total. The number of hydrogen-bond acceptors (Lipinski definition) is 11. The first kappa shape index (κ1) is 28.9. The van der Waals surface area contributed by atoms with Gasteiger partial charge in [-0.1, -0.05) is 12.8 Å². The third kappa shape index (κ3) is 7.66. The number of aliphatic hydroxyl groups is 4. The van der Waals surface area contributed by atoms with Crippen LogP contribution in [0.1, 0.15) is 32.6 Å². The Bertz CT molecular complexity index is 1140. The van der Waals surface area contributed by atoms with Crippen molar-refractivity contribution in [2.24, 2.45) is 0 Å². The highest BCUT2D eigenvalue weighted by atomic mass is 32.2. The molecule has 1 aromatic carbocycles. The Morgan fingerprint density at radius 2 is 1.78 bits per heavy atom. The fourth-order valence-electron chi connectivity index (χ4n) is 4.37. The maximum absolute atomic E-state index is 12.8. The molecule has 37 heavy (non-hydrogen) atoms. The van der Waals surface area contributed by atoms with Crippen molar-refractivity contribution < 1.29 is 33.6 Å². The number of β-amino-alcohol motifs (C(OH)–C–C–N with tert-alkyl or cyclic N) is 1. The largest absolute Gasteiger partial charge is 0.395 e. The van der Waals surface area contributed by atoms with Gasteiger partial charge in [0.15, 0.2) is 5.82 Å². The lowest BCUT2D eigenvalue weighted by atomic mass is 9.94. The van der Waals surface area contributed by atoms with Gasteiger partial charge in [0.1, 0.15) is 17.1 Å². The monoisotopic (exact) mass is 537 g/mol. The summed E-state index contributed by atoms with van der Waals surface area (Å²) in [5, 5.41) is 42.5. The van der Waals surface area contributed by atoms with Crippen LogP contribution in [0.4, 0.5) is 5.69 Å². The number of amides is 1. The fourth-order valence-corrected chi connectivity index (χ4v) is 5.57. The number of aliphatic hydroxyl groups excluding tert-OH is 4. The maximum Gasteiger partial charge on any atom is 0.266 e. The van der Waals surface area contributed by atoms with E-state index in [1.165, 1.54) is 6.07 Å². The van der Waals surface area contributed by atoms with E-state index >= 15 is 0 Å². The Hall–Kier alpha value is -2.68. The van der Waals surface area contributed by atoms with Gasteiger partial charge in [-0.05, 0) is 43.7 Å². The van der Waals surface area contributed by atoms with Crippen LogP contribution in [0.3, 0.4) is 0 Å². The number of nitrogens with one attached hydrogen (secondary N) is 2. The van der Waals surface area contributed by atoms with Crippen LogP contribution >= 0.6 is 0 Å². The fraction of sp³-hybridized carbons (Fsp3) is 0.542. The molecule has 1 fully saturated rings. The number of carbonyl (C=O) groups excluding carboxylic acids is 1. The van der Waals surface area contributed by atoms with Crippen molar-refractivity contribution in [2.45, 2.75) is 61.9 Å². The van der Waals surface area contributed by atoms with Gasteiger partial charge in [-0.3, -0.25) is 9.69 Å². The molecule has 1 aliphatic heterocycles. The Morgan fingerprint density at radius 3 is 2.46 bits per heavy atom. The zero-order valence-electron chi connectivity index (χ0n) is 20.7. The van der Waals surface area contributed by atoms with E-state index < -0.39 is 40.3 Å². The summed E-state index contributed by atoms with van der Waals surface area (Å²) in [4.78, 5) is 21.5. The number of nitrogens with zero attached hydrogens (tertiary/aromatic N) is 3. The summed E-state index contributed by atoms with van der Waals surface area (Å²) in [6.45, 7) is 2.05. The SMILES string of the molecule is CC(=O)NS(=O)(=O)c1cc(-c2ncccn2)ccc1NCCCCCCN1C[C@H](O)[C@@H](O)[C@H](O)[C@H]1CO. The number of piperidine rings is 1. The van der Waals surface area contributed by atoms with E-state index in [1.807, 2.05) is 4.72 Å². The number of benzene rings is 1. The highest BCUT2D eigenvalue weighted by molar-refractivity contribution is 7.90. The van der Waals surface area contributed by atoms with Gasteiger partial charge in [0, 0.05) is 38.0 Å². The van der Waals surface area contributed by atoms with Gasteiger partial charge in [0.25, 0.3) is 10.0 Å². The predicted molar refractivity (Wildman–Crippen MR) is 136 cm³/mol. The van der Waals surface area contributed by atoms with Crippen molar-refractivity contribution in [1.29, 1.82) is 0 Å². The molecule has 0 aliphatic carbocycles. The molecule has 0 saturated carbocycles. The quantitative estimate of drug-likeness (QED) is 0.195. The lowest BCUT2D eigenvalue weighted by Gasteiger charge is -2.43. The molecular weight excluding hydrogens is 502 g/mol. The smallest absolute Gasteiger partial charge is 0.266 e. The molecule has 0 bridgehead atoms. The summed E-state index contributed by atoms with van der Waals surface area (Å²) in [6, 6.07) is 5.80. The van der Waals surface area contributed by atoms with Crippen molar-refractivity contribution >= 4 is 21.6 Å². The van der Waals surface area contributed by atoms with E-state index in [0.29, 0.717) is 30.2 Å². The molecule has 1 saturated heterocycles. The van der Waals surface area contributed by atoms with Crippen LogP contribution in [0, 0.1) is 0 Å². The first-order valence-corrected chi connectivity index (χ1v) is 13.7. The third-order valence-corrected chi connectivity index (χ3v) is 7.75. The molecule has 3 rings (SSSR count). The van der Waals surface area contributed by atoms with Crippen molar-refractivity contribution in [1.82, 2.24) is 19.6 Å². The van der Waals surface area contributed by atoms with E-state index in [4.69, 9.17) is 0 Å². The lowest BCUT2D eigenvalue weighted by molar-refractivity contribution is -0.145. The van der Waals surface area contributed by atoms with E-state index in [-0.39, 0.29) is 18.0 Å². The van der Waals surface area contributed by atoms with Crippen LogP contribution in [-0.4, -0.2) is 100 Å². The molecule has 1 aliphatic rings.